The van der Waals surface area contributed by atoms with E-state index in [1.54, 1.807) is 11.0 Å². The molecule has 1 fully saturated rings. The summed E-state index contributed by atoms with van der Waals surface area (Å²) >= 11 is 6.34. The molecule has 1 amide bonds. The van der Waals surface area contributed by atoms with E-state index in [4.69, 9.17) is 16.3 Å². The summed E-state index contributed by atoms with van der Waals surface area (Å²) in [5, 5.41) is 14.6. The molecule has 1 aliphatic rings. The second-order valence-corrected chi connectivity index (χ2v) is 7.15. The number of aromatic nitrogens is 4. The van der Waals surface area contributed by atoms with Gasteiger partial charge >= 0.3 is 6.09 Å². The van der Waals surface area contributed by atoms with Crippen LogP contribution in [0.3, 0.4) is 0 Å². The number of nitrogens with zero attached hydrogens (tertiary/aromatic N) is 5. The fourth-order valence-electron chi connectivity index (χ4n) is 3.42. The second kappa shape index (κ2) is 8.91. The van der Waals surface area contributed by atoms with Crippen LogP contribution in [0.5, 0.6) is 0 Å². The number of H-pyrrole nitrogens is 1. The largest absolute Gasteiger partial charge is 0.448 e. The molecule has 0 saturated carbocycles. The molecular weight excluding hydrogens is 392 g/mol. The highest BCUT2D eigenvalue weighted by atomic mass is 35.5. The van der Waals surface area contributed by atoms with Gasteiger partial charge < -0.3 is 14.5 Å². The quantitative estimate of drug-likeness (QED) is 0.693. The number of para-hydroxylation sites is 1. The Morgan fingerprint density at radius 3 is 2.48 bits per heavy atom. The van der Waals surface area contributed by atoms with E-state index in [1.165, 1.54) is 0 Å². The van der Waals surface area contributed by atoms with E-state index in [2.05, 4.69) is 37.7 Å². The van der Waals surface area contributed by atoms with E-state index < -0.39 is 0 Å². The molecule has 29 heavy (non-hydrogen) atoms. The Balaban J connectivity index is 1.37. The number of halogens is 1. The SMILES string of the molecule is O=C(OCC(c1nnn[nH]1)c1ccccc1Cl)N1CCN(c2ccccc2)CC1. The van der Waals surface area contributed by atoms with Gasteiger partial charge in [0, 0.05) is 36.9 Å². The van der Waals surface area contributed by atoms with Crippen LogP contribution in [-0.4, -0.2) is 64.4 Å². The Hall–Kier alpha value is -3.13. The molecule has 1 N–H and O–H groups in total. The number of nitrogens with one attached hydrogen (secondary N) is 1. The van der Waals surface area contributed by atoms with Gasteiger partial charge in [0.05, 0.1) is 5.92 Å². The molecule has 0 radical (unpaired) electrons. The van der Waals surface area contributed by atoms with E-state index in [0.29, 0.717) is 23.9 Å². The van der Waals surface area contributed by atoms with E-state index in [9.17, 15) is 4.79 Å². The number of aromatic amines is 1. The van der Waals surface area contributed by atoms with Gasteiger partial charge in [-0.1, -0.05) is 48.0 Å². The molecule has 4 rings (SSSR count). The van der Waals surface area contributed by atoms with E-state index in [1.807, 2.05) is 36.4 Å². The van der Waals surface area contributed by atoms with Crippen LogP contribution >= 0.6 is 11.6 Å². The number of ether oxygens (including phenoxy) is 1. The number of hydrogen-bond acceptors (Lipinski definition) is 6. The Kier molecular flexibility index (Phi) is 5.90. The van der Waals surface area contributed by atoms with Gasteiger partial charge in [0.1, 0.15) is 6.61 Å². The van der Waals surface area contributed by atoms with Crippen LogP contribution in [-0.2, 0) is 4.74 Å². The Bertz CT molecular complexity index is 929. The molecule has 3 aromatic rings. The van der Waals surface area contributed by atoms with Crippen molar-refractivity contribution >= 4 is 23.4 Å². The van der Waals surface area contributed by atoms with Gasteiger partial charge in [0.25, 0.3) is 0 Å². The van der Waals surface area contributed by atoms with Crippen molar-refractivity contribution in [3.63, 3.8) is 0 Å². The first-order valence-electron chi connectivity index (χ1n) is 9.42. The molecule has 1 aromatic heterocycles. The number of amides is 1. The Labute approximate surface area is 173 Å². The van der Waals surface area contributed by atoms with Gasteiger partial charge in [-0.05, 0) is 34.2 Å². The van der Waals surface area contributed by atoms with Gasteiger partial charge in [-0.15, -0.1) is 5.10 Å². The van der Waals surface area contributed by atoms with Crippen LogP contribution < -0.4 is 4.90 Å². The molecule has 1 unspecified atom stereocenters. The third-order valence-electron chi connectivity index (χ3n) is 5.01. The third kappa shape index (κ3) is 4.48. The summed E-state index contributed by atoms with van der Waals surface area (Å²) in [6, 6.07) is 17.6. The summed E-state index contributed by atoms with van der Waals surface area (Å²) < 4.78 is 5.61. The molecule has 9 heteroatoms. The minimum Gasteiger partial charge on any atom is -0.448 e. The van der Waals surface area contributed by atoms with Crippen LogP contribution in [0.4, 0.5) is 10.5 Å². The average Bonchev–Trinajstić information content (AvgIpc) is 3.30. The van der Waals surface area contributed by atoms with Crippen LogP contribution in [0.25, 0.3) is 0 Å². The van der Waals surface area contributed by atoms with Crippen molar-refractivity contribution in [2.24, 2.45) is 0 Å². The standard InChI is InChI=1S/C20H21ClN6O2/c21-18-9-5-4-8-16(18)17(19-22-24-25-23-19)14-29-20(28)27-12-10-26(11-13-27)15-6-2-1-3-7-15/h1-9,17H,10-14H2,(H,22,23,24,25). The maximum absolute atomic E-state index is 12.6. The van der Waals surface area contributed by atoms with Gasteiger partial charge in [-0.25, -0.2) is 9.89 Å². The average molecular weight is 413 g/mol. The number of carbonyl (C=O) groups excluding carboxylic acids is 1. The lowest BCUT2D eigenvalue weighted by Gasteiger charge is -2.35. The van der Waals surface area contributed by atoms with Crippen molar-refractivity contribution in [2.45, 2.75) is 5.92 Å². The molecule has 8 nitrogen and oxygen atoms in total. The van der Waals surface area contributed by atoms with Crippen LogP contribution in [0, 0.1) is 0 Å². The zero-order valence-corrected chi connectivity index (χ0v) is 16.5. The monoisotopic (exact) mass is 412 g/mol. The van der Waals surface area contributed by atoms with Crippen molar-refractivity contribution in [1.82, 2.24) is 25.5 Å². The maximum Gasteiger partial charge on any atom is 0.409 e. The normalized spacial score (nSPS) is 15.2. The minimum absolute atomic E-state index is 0.0956. The number of tetrazole rings is 1. The predicted octanol–water partition coefficient (Wildman–Crippen LogP) is 2.94. The van der Waals surface area contributed by atoms with Crippen molar-refractivity contribution in [2.75, 3.05) is 37.7 Å². The molecule has 2 heterocycles. The molecule has 1 aliphatic heterocycles. The summed E-state index contributed by atoms with van der Waals surface area (Å²) in [5.74, 6) is 0.132. The van der Waals surface area contributed by atoms with E-state index >= 15 is 0 Å². The van der Waals surface area contributed by atoms with Crippen molar-refractivity contribution in [3.8, 4) is 0 Å². The van der Waals surface area contributed by atoms with Crippen LogP contribution in [0.15, 0.2) is 54.6 Å². The molecule has 1 saturated heterocycles. The highest BCUT2D eigenvalue weighted by Crippen LogP contribution is 2.28. The zero-order chi connectivity index (χ0) is 20.1. The highest BCUT2D eigenvalue weighted by Gasteiger charge is 2.26. The second-order valence-electron chi connectivity index (χ2n) is 6.75. The number of benzene rings is 2. The highest BCUT2D eigenvalue weighted by molar-refractivity contribution is 6.31. The number of rotatable bonds is 5. The maximum atomic E-state index is 12.6. The number of hydrogen-bond donors (Lipinski definition) is 1. The first-order chi connectivity index (χ1) is 14.2. The number of piperazine rings is 1. The van der Waals surface area contributed by atoms with Crippen molar-refractivity contribution in [1.29, 1.82) is 0 Å². The summed E-state index contributed by atoms with van der Waals surface area (Å²) in [4.78, 5) is 16.6. The summed E-state index contributed by atoms with van der Waals surface area (Å²) in [6.45, 7) is 2.83. The van der Waals surface area contributed by atoms with Crippen LogP contribution in [0.1, 0.15) is 17.3 Å². The van der Waals surface area contributed by atoms with E-state index in [-0.39, 0.29) is 18.6 Å². The first kappa shape index (κ1) is 19.2. The van der Waals surface area contributed by atoms with Gasteiger partial charge in [-0.2, -0.15) is 0 Å². The lowest BCUT2D eigenvalue weighted by molar-refractivity contribution is 0.0968. The smallest absolute Gasteiger partial charge is 0.409 e. The summed E-state index contributed by atoms with van der Waals surface area (Å²) in [5.41, 5.74) is 1.96. The fraction of sp³-hybridized carbons (Fsp3) is 0.300. The first-order valence-corrected chi connectivity index (χ1v) is 9.80. The lowest BCUT2D eigenvalue weighted by Crippen LogP contribution is -2.49. The van der Waals surface area contributed by atoms with Gasteiger partial charge in [0.2, 0.25) is 0 Å². The molecule has 150 valence electrons. The Morgan fingerprint density at radius 2 is 1.79 bits per heavy atom. The van der Waals surface area contributed by atoms with E-state index in [0.717, 1.165) is 24.3 Å². The molecule has 0 bridgehead atoms. The fourth-order valence-corrected chi connectivity index (χ4v) is 3.69. The molecule has 2 aromatic carbocycles. The molecular formula is C20H21ClN6O2. The molecule has 0 spiro atoms. The number of carbonyl (C=O) groups is 1. The van der Waals surface area contributed by atoms with Crippen LogP contribution in [0.2, 0.25) is 5.02 Å². The van der Waals surface area contributed by atoms with Gasteiger partial charge in [-0.3, -0.25) is 0 Å². The zero-order valence-electron chi connectivity index (χ0n) is 15.7. The van der Waals surface area contributed by atoms with Crippen molar-refractivity contribution < 1.29 is 9.53 Å². The lowest BCUT2D eigenvalue weighted by atomic mass is 9.99. The van der Waals surface area contributed by atoms with Gasteiger partial charge in [0.15, 0.2) is 5.82 Å². The topological polar surface area (TPSA) is 87.2 Å². The van der Waals surface area contributed by atoms with Crippen molar-refractivity contribution in [3.05, 3.63) is 71.0 Å². The predicted molar refractivity (Wildman–Crippen MR) is 109 cm³/mol. The minimum atomic E-state index is -0.367. The Morgan fingerprint density at radius 1 is 1.07 bits per heavy atom. The third-order valence-corrected chi connectivity index (χ3v) is 5.35. The number of anilines is 1. The molecule has 0 aliphatic carbocycles. The molecule has 1 atom stereocenters. The summed E-state index contributed by atoms with van der Waals surface area (Å²) in [7, 11) is 0. The summed E-state index contributed by atoms with van der Waals surface area (Å²) in [6.07, 6.45) is -0.345.